The minimum atomic E-state index is 0.200. The van der Waals surface area contributed by atoms with Gasteiger partial charge in [0.2, 0.25) is 5.91 Å². The van der Waals surface area contributed by atoms with E-state index in [4.69, 9.17) is 4.98 Å². The van der Waals surface area contributed by atoms with Gasteiger partial charge in [0.1, 0.15) is 0 Å². The number of carbonyl (C=O) groups excluding carboxylic acids is 1. The summed E-state index contributed by atoms with van der Waals surface area (Å²) < 4.78 is 0. The number of likely N-dealkylation sites (tertiary alicyclic amines) is 2. The van der Waals surface area contributed by atoms with Crippen molar-refractivity contribution in [3.63, 3.8) is 0 Å². The molecule has 0 aliphatic carbocycles. The van der Waals surface area contributed by atoms with Crippen molar-refractivity contribution < 1.29 is 4.79 Å². The molecular weight excluding hydrogens is 342 g/mol. The monoisotopic (exact) mass is 369 g/mol. The maximum Gasteiger partial charge on any atom is 0.219 e. The third-order valence-electron chi connectivity index (χ3n) is 5.94. The summed E-state index contributed by atoms with van der Waals surface area (Å²) in [5.41, 5.74) is 3.80. The Balaban J connectivity index is 1.54. The van der Waals surface area contributed by atoms with Gasteiger partial charge in [-0.15, -0.1) is 11.3 Å². The summed E-state index contributed by atoms with van der Waals surface area (Å²) in [5, 5.41) is 3.42. The van der Waals surface area contributed by atoms with Crippen LogP contribution in [0.5, 0.6) is 0 Å². The number of nitrogens with zero attached hydrogens (tertiary/aromatic N) is 3. The van der Waals surface area contributed by atoms with Gasteiger partial charge in [-0.2, -0.15) is 0 Å². The molecule has 0 spiro atoms. The molecule has 0 radical (unpaired) electrons. The highest BCUT2D eigenvalue weighted by molar-refractivity contribution is 7.09. The van der Waals surface area contributed by atoms with Gasteiger partial charge < -0.3 is 4.90 Å². The lowest BCUT2D eigenvalue weighted by Crippen LogP contribution is -2.34. The van der Waals surface area contributed by atoms with Gasteiger partial charge in [0, 0.05) is 44.4 Å². The molecule has 2 aromatic rings. The third kappa shape index (κ3) is 3.19. The van der Waals surface area contributed by atoms with Gasteiger partial charge in [-0.1, -0.05) is 31.2 Å². The molecule has 1 aromatic heterocycles. The van der Waals surface area contributed by atoms with Gasteiger partial charge in [0.05, 0.1) is 16.7 Å². The van der Waals surface area contributed by atoms with Crippen LogP contribution in [0.15, 0.2) is 29.6 Å². The lowest BCUT2D eigenvalue weighted by molar-refractivity contribution is -0.130. The van der Waals surface area contributed by atoms with Crippen LogP contribution in [-0.4, -0.2) is 40.3 Å². The summed E-state index contributed by atoms with van der Waals surface area (Å²) in [4.78, 5) is 21.7. The molecule has 26 heavy (non-hydrogen) atoms. The molecule has 0 saturated carbocycles. The summed E-state index contributed by atoms with van der Waals surface area (Å²) in [6.45, 7) is 9.96. The number of amides is 1. The topological polar surface area (TPSA) is 36.4 Å². The molecule has 2 aliphatic rings. The highest BCUT2D eigenvalue weighted by Crippen LogP contribution is 2.46. The van der Waals surface area contributed by atoms with Crippen LogP contribution in [0.4, 0.5) is 0 Å². The van der Waals surface area contributed by atoms with Gasteiger partial charge in [0.15, 0.2) is 0 Å². The van der Waals surface area contributed by atoms with Crippen LogP contribution in [0.3, 0.4) is 0 Å². The van der Waals surface area contributed by atoms with E-state index in [-0.39, 0.29) is 11.9 Å². The number of rotatable bonds is 4. The van der Waals surface area contributed by atoms with Gasteiger partial charge in [-0.3, -0.25) is 9.69 Å². The number of aromatic nitrogens is 1. The molecule has 2 saturated heterocycles. The standard InChI is InChI=1S/C21H27N3OS/c1-4-20-22-17(13-26-20)11-23-9-16-10-24(15(3)25)21(19(16)12-23)18-8-6-5-7-14(18)2/h5-8,13,16,19,21H,4,9-12H2,1-3H3/t16-,19-,21-/m1/s1. The summed E-state index contributed by atoms with van der Waals surface area (Å²) in [6.07, 6.45) is 1.01. The fourth-order valence-corrected chi connectivity index (χ4v) is 5.46. The zero-order valence-corrected chi connectivity index (χ0v) is 16.6. The smallest absolute Gasteiger partial charge is 0.219 e. The van der Waals surface area contributed by atoms with Gasteiger partial charge >= 0.3 is 0 Å². The summed E-state index contributed by atoms with van der Waals surface area (Å²) in [7, 11) is 0. The van der Waals surface area contributed by atoms with E-state index >= 15 is 0 Å². The second kappa shape index (κ2) is 7.12. The predicted molar refractivity (Wildman–Crippen MR) is 105 cm³/mol. The molecule has 1 amide bonds. The first kappa shape index (κ1) is 17.7. The van der Waals surface area contributed by atoms with Crippen molar-refractivity contribution in [2.75, 3.05) is 19.6 Å². The van der Waals surface area contributed by atoms with Crippen molar-refractivity contribution in [2.45, 2.75) is 39.8 Å². The fourth-order valence-electron chi connectivity index (χ4n) is 4.72. The fraction of sp³-hybridized carbons (Fsp3) is 0.524. The van der Waals surface area contributed by atoms with E-state index in [2.05, 4.69) is 53.3 Å². The molecular formula is C21H27N3OS. The Labute approximate surface area is 159 Å². The summed E-state index contributed by atoms with van der Waals surface area (Å²) >= 11 is 1.77. The number of benzene rings is 1. The minimum absolute atomic E-state index is 0.200. The van der Waals surface area contributed by atoms with Gasteiger partial charge in [-0.25, -0.2) is 4.98 Å². The van der Waals surface area contributed by atoms with E-state index in [0.29, 0.717) is 11.8 Å². The Hall–Kier alpha value is -1.72. The quantitative estimate of drug-likeness (QED) is 0.825. The van der Waals surface area contributed by atoms with E-state index in [9.17, 15) is 4.79 Å². The van der Waals surface area contributed by atoms with E-state index in [0.717, 1.165) is 32.6 Å². The lowest BCUT2D eigenvalue weighted by Gasteiger charge is -2.30. The highest BCUT2D eigenvalue weighted by atomic mass is 32.1. The molecule has 3 atom stereocenters. The molecule has 0 unspecified atom stereocenters. The van der Waals surface area contributed by atoms with Crippen molar-refractivity contribution in [1.82, 2.24) is 14.8 Å². The number of hydrogen-bond donors (Lipinski definition) is 0. The van der Waals surface area contributed by atoms with Crippen LogP contribution in [0.2, 0.25) is 0 Å². The van der Waals surface area contributed by atoms with E-state index < -0.39 is 0 Å². The number of thiazole rings is 1. The molecule has 0 N–H and O–H groups in total. The average Bonchev–Trinajstić information content (AvgIpc) is 3.30. The van der Waals surface area contributed by atoms with E-state index in [1.54, 1.807) is 18.3 Å². The van der Waals surface area contributed by atoms with Crippen molar-refractivity contribution >= 4 is 17.2 Å². The van der Waals surface area contributed by atoms with Crippen LogP contribution in [-0.2, 0) is 17.8 Å². The van der Waals surface area contributed by atoms with Crippen LogP contribution in [0.1, 0.15) is 41.7 Å². The van der Waals surface area contributed by atoms with Crippen LogP contribution >= 0.6 is 11.3 Å². The van der Waals surface area contributed by atoms with Crippen LogP contribution in [0.25, 0.3) is 0 Å². The maximum absolute atomic E-state index is 12.3. The lowest BCUT2D eigenvalue weighted by atomic mass is 9.87. The molecule has 0 bridgehead atoms. The van der Waals surface area contributed by atoms with Crippen molar-refractivity contribution in [3.05, 3.63) is 51.5 Å². The number of carbonyl (C=O) groups is 1. The summed E-state index contributed by atoms with van der Waals surface area (Å²) in [6, 6.07) is 8.76. The largest absolute Gasteiger partial charge is 0.335 e. The molecule has 4 rings (SSSR count). The van der Waals surface area contributed by atoms with Crippen molar-refractivity contribution in [1.29, 1.82) is 0 Å². The van der Waals surface area contributed by atoms with E-state index in [1.165, 1.54) is 21.8 Å². The Morgan fingerprint density at radius 3 is 2.77 bits per heavy atom. The molecule has 4 nitrogen and oxygen atoms in total. The Bertz CT molecular complexity index is 802. The first-order valence-corrected chi connectivity index (χ1v) is 10.4. The van der Waals surface area contributed by atoms with E-state index in [1.807, 2.05) is 0 Å². The first-order chi connectivity index (χ1) is 12.6. The minimum Gasteiger partial charge on any atom is -0.335 e. The van der Waals surface area contributed by atoms with Gasteiger partial charge in [0.25, 0.3) is 0 Å². The number of hydrogen-bond acceptors (Lipinski definition) is 4. The predicted octanol–water partition coefficient (Wildman–Crippen LogP) is 3.67. The van der Waals surface area contributed by atoms with Crippen LogP contribution in [0, 0.1) is 18.8 Å². The Kier molecular flexibility index (Phi) is 4.84. The van der Waals surface area contributed by atoms with Crippen molar-refractivity contribution in [2.24, 2.45) is 11.8 Å². The second-order valence-electron chi connectivity index (χ2n) is 7.68. The number of aryl methyl sites for hydroxylation is 2. The summed E-state index contributed by atoms with van der Waals surface area (Å²) in [5.74, 6) is 1.28. The van der Waals surface area contributed by atoms with Crippen LogP contribution < -0.4 is 0 Å². The normalized spacial score (nSPS) is 25.7. The Morgan fingerprint density at radius 1 is 1.27 bits per heavy atom. The second-order valence-corrected chi connectivity index (χ2v) is 8.62. The number of fused-ring (bicyclic) bond motifs is 1. The molecule has 3 heterocycles. The van der Waals surface area contributed by atoms with Gasteiger partial charge in [-0.05, 0) is 30.4 Å². The molecule has 2 aliphatic heterocycles. The molecule has 138 valence electrons. The molecule has 2 fully saturated rings. The third-order valence-corrected chi connectivity index (χ3v) is 6.98. The SMILES string of the molecule is CCc1nc(CN2C[C@@H]3CN(C(C)=O)[C@H](c4ccccc4C)[C@@H]3C2)cs1. The first-order valence-electron chi connectivity index (χ1n) is 9.55. The molecule has 5 heteroatoms. The zero-order valence-electron chi connectivity index (χ0n) is 15.8. The Morgan fingerprint density at radius 2 is 2.08 bits per heavy atom. The zero-order chi connectivity index (χ0) is 18.3. The molecule has 1 aromatic carbocycles. The highest BCUT2D eigenvalue weighted by Gasteiger charge is 2.48. The maximum atomic E-state index is 12.3. The van der Waals surface area contributed by atoms with Crippen molar-refractivity contribution in [3.8, 4) is 0 Å². The average molecular weight is 370 g/mol.